The number of fused-ring (bicyclic) bond motifs is 1. The summed E-state index contributed by atoms with van der Waals surface area (Å²) in [6, 6.07) is 1.88. The van der Waals surface area contributed by atoms with Gasteiger partial charge in [0, 0.05) is 31.3 Å². The van der Waals surface area contributed by atoms with Crippen molar-refractivity contribution in [2.75, 3.05) is 6.61 Å². The standard InChI is InChI=1S/C18H26N4O2/c1-10(2)14(7-8-23)20-18(24)13-9-15(12-5-6-12)19-17-16(13)11(3)21-22(17)4/h9-10,12,14,23H,5-8H2,1-4H3,(H,20,24). The van der Waals surface area contributed by atoms with Crippen LogP contribution in [0.2, 0.25) is 0 Å². The molecule has 1 amide bonds. The van der Waals surface area contributed by atoms with Crippen molar-refractivity contribution in [2.45, 2.75) is 52.0 Å². The number of hydrogen-bond acceptors (Lipinski definition) is 4. The number of nitrogens with zero attached hydrogens (tertiary/aromatic N) is 3. The largest absolute Gasteiger partial charge is 0.396 e. The van der Waals surface area contributed by atoms with Crippen molar-refractivity contribution in [2.24, 2.45) is 13.0 Å². The minimum atomic E-state index is -0.104. The molecular formula is C18H26N4O2. The maximum Gasteiger partial charge on any atom is 0.252 e. The van der Waals surface area contributed by atoms with Gasteiger partial charge in [-0.3, -0.25) is 9.48 Å². The van der Waals surface area contributed by atoms with Gasteiger partial charge in [-0.15, -0.1) is 0 Å². The molecule has 0 aromatic carbocycles. The quantitative estimate of drug-likeness (QED) is 0.851. The van der Waals surface area contributed by atoms with Crippen LogP contribution in [0.5, 0.6) is 0 Å². The maximum absolute atomic E-state index is 12.9. The topological polar surface area (TPSA) is 80.0 Å². The Morgan fingerprint density at radius 1 is 1.46 bits per heavy atom. The number of nitrogens with one attached hydrogen (secondary N) is 1. The van der Waals surface area contributed by atoms with Crippen molar-refractivity contribution in [3.05, 3.63) is 23.0 Å². The summed E-state index contributed by atoms with van der Waals surface area (Å²) in [7, 11) is 1.86. The van der Waals surface area contributed by atoms with Crippen LogP contribution in [0.15, 0.2) is 6.07 Å². The Hall–Kier alpha value is -1.95. The molecule has 0 radical (unpaired) electrons. The summed E-state index contributed by atoms with van der Waals surface area (Å²) < 4.78 is 1.75. The van der Waals surface area contributed by atoms with E-state index in [4.69, 9.17) is 4.98 Å². The number of hydrogen-bond donors (Lipinski definition) is 2. The molecule has 6 heteroatoms. The highest BCUT2D eigenvalue weighted by Gasteiger charge is 2.29. The third kappa shape index (κ3) is 3.15. The summed E-state index contributed by atoms with van der Waals surface area (Å²) in [4.78, 5) is 17.7. The summed E-state index contributed by atoms with van der Waals surface area (Å²) >= 11 is 0. The zero-order valence-electron chi connectivity index (χ0n) is 14.8. The Bertz CT molecular complexity index is 762. The zero-order chi connectivity index (χ0) is 17.4. The fraction of sp³-hybridized carbons (Fsp3) is 0.611. The predicted octanol–water partition coefficient (Wildman–Crippen LogP) is 2.29. The summed E-state index contributed by atoms with van der Waals surface area (Å²) in [6.07, 6.45) is 2.82. The number of amides is 1. The first-order chi connectivity index (χ1) is 11.4. The summed E-state index contributed by atoms with van der Waals surface area (Å²) in [5.41, 5.74) is 3.22. The highest BCUT2D eigenvalue weighted by atomic mass is 16.3. The van der Waals surface area contributed by atoms with Crippen LogP contribution in [-0.4, -0.2) is 38.4 Å². The first-order valence-corrected chi connectivity index (χ1v) is 8.68. The molecule has 1 unspecified atom stereocenters. The summed E-state index contributed by atoms with van der Waals surface area (Å²) in [6.45, 7) is 6.07. The molecule has 3 rings (SSSR count). The molecule has 1 aliphatic carbocycles. The van der Waals surface area contributed by atoms with E-state index in [-0.39, 0.29) is 24.5 Å². The van der Waals surface area contributed by atoms with Crippen molar-refractivity contribution < 1.29 is 9.90 Å². The Balaban J connectivity index is 2.02. The average molecular weight is 330 g/mol. The van der Waals surface area contributed by atoms with E-state index >= 15 is 0 Å². The molecule has 1 fully saturated rings. The van der Waals surface area contributed by atoms with Crippen LogP contribution in [0.3, 0.4) is 0 Å². The Kier molecular flexibility index (Phi) is 4.58. The normalized spacial score (nSPS) is 15.9. The second-order valence-electron chi connectivity index (χ2n) is 7.11. The molecule has 24 heavy (non-hydrogen) atoms. The molecule has 0 aliphatic heterocycles. The molecule has 0 saturated heterocycles. The van der Waals surface area contributed by atoms with Crippen molar-refractivity contribution in [1.82, 2.24) is 20.1 Å². The molecule has 0 bridgehead atoms. The van der Waals surface area contributed by atoms with E-state index < -0.39 is 0 Å². The van der Waals surface area contributed by atoms with E-state index in [1.165, 1.54) is 0 Å². The van der Waals surface area contributed by atoms with Crippen molar-refractivity contribution in [1.29, 1.82) is 0 Å². The third-order valence-electron chi connectivity index (χ3n) is 4.79. The molecular weight excluding hydrogens is 304 g/mol. The van der Waals surface area contributed by atoms with E-state index in [0.717, 1.165) is 35.3 Å². The lowest BCUT2D eigenvalue weighted by Crippen LogP contribution is -2.39. The lowest BCUT2D eigenvalue weighted by Gasteiger charge is -2.22. The second kappa shape index (κ2) is 6.51. The Morgan fingerprint density at radius 3 is 2.75 bits per heavy atom. The first-order valence-electron chi connectivity index (χ1n) is 8.68. The molecule has 2 heterocycles. The monoisotopic (exact) mass is 330 g/mol. The van der Waals surface area contributed by atoms with Gasteiger partial charge < -0.3 is 10.4 Å². The Labute approximate surface area is 142 Å². The zero-order valence-corrected chi connectivity index (χ0v) is 14.8. The number of aliphatic hydroxyl groups is 1. The van der Waals surface area contributed by atoms with Gasteiger partial charge in [0.15, 0.2) is 5.65 Å². The number of aromatic nitrogens is 3. The number of pyridine rings is 1. The van der Waals surface area contributed by atoms with Crippen molar-refractivity contribution >= 4 is 16.9 Å². The van der Waals surface area contributed by atoms with Crippen LogP contribution < -0.4 is 5.32 Å². The van der Waals surface area contributed by atoms with Gasteiger partial charge in [0.05, 0.1) is 16.6 Å². The molecule has 0 spiro atoms. The van der Waals surface area contributed by atoms with Gasteiger partial charge in [-0.1, -0.05) is 13.8 Å². The molecule has 130 valence electrons. The summed E-state index contributed by atoms with van der Waals surface area (Å²) in [5.74, 6) is 0.623. The third-order valence-corrected chi connectivity index (χ3v) is 4.79. The number of aliphatic hydroxyl groups excluding tert-OH is 1. The van der Waals surface area contributed by atoms with Gasteiger partial charge in [0.2, 0.25) is 0 Å². The molecule has 2 N–H and O–H groups in total. The van der Waals surface area contributed by atoms with Crippen LogP contribution in [0.1, 0.15) is 60.8 Å². The lowest BCUT2D eigenvalue weighted by molar-refractivity contribution is 0.0918. The molecule has 1 saturated carbocycles. The average Bonchev–Trinajstić information content (AvgIpc) is 3.33. The highest BCUT2D eigenvalue weighted by Crippen LogP contribution is 2.40. The van der Waals surface area contributed by atoms with Crippen LogP contribution in [0.25, 0.3) is 11.0 Å². The number of aryl methyl sites for hydroxylation is 2. The van der Waals surface area contributed by atoms with Crippen LogP contribution in [0.4, 0.5) is 0 Å². The van der Waals surface area contributed by atoms with E-state index in [2.05, 4.69) is 10.4 Å². The highest BCUT2D eigenvalue weighted by molar-refractivity contribution is 6.06. The van der Waals surface area contributed by atoms with Gasteiger partial charge >= 0.3 is 0 Å². The van der Waals surface area contributed by atoms with E-state index in [1.807, 2.05) is 33.9 Å². The minimum Gasteiger partial charge on any atom is -0.396 e. The Morgan fingerprint density at radius 2 is 2.17 bits per heavy atom. The second-order valence-corrected chi connectivity index (χ2v) is 7.11. The lowest BCUT2D eigenvalue weighted by atomic mass is 10.00. The van der Waals surface area contributed by atoms with Crippen LogP contribution >= 0.6 is 0 Å². The molecule has 6 nitrogen and oxygen atoms in total. The SMILES string of the molecule is Cc1nn(C)c2nc(C3CC3)cc(C(=O)NC(CCO)C(C)C)c12. The fourth-order valence-electron chi connectivity index (χ4n) is 3.19. The predicted molar refractivity (Wildman–Crippen MR) is 93.0 cm³/mol. The number of carbonyl (C=O) groups is 1. The van der Waals surface area contributed by atoms with Gasteiger partial charge in [-0.25, -0.2) is 4.98 Å². The molecule has 2 aromatic rings. The number of carbonyl (C=O) groups excluding carboxylic acids is 1. The van der Waals surface area contributed by atoms with E-state index in [0.29, 0.717) is 17.9 Å². The van der Waals surface area contributed by atoms with Gasteiger partial charge in [0.25, 0.3) is 5.91 Å². The smallest absolute Gasteiger partial charge is 0.252 e. The minimum absolute atomic E-state index is 0.0490. The molecule has 1 aliphatic rings. The number of rotatable bonds is 6. The van der Waals surface area contributed by atoms with Gasteiger partial charge in [-0.2, -0.15) is 5.10 Å². The van der Waals surface area contributed by atoms with Crippen molar-refractivity contribution in [3.63, 3.8) is 0 Å². The van der Waals surface area contributed by atoms with Gasteiger partial charge in [0.1, 0.15) is 0 Å². The van der Waals surface area contributed by atoms with E-state index in [9.17, 15) is 9.90 Å². The van der Waals surface area contributed by atoms with Crippen LogP contribution in [-0.2, 0) is 7.05 Å². The van der Waals surface area contributed by atoms with Crippen LogP contribution in [0, 0.1) is 12.8 Å². The van der Waals surface area contributed by atoms with Gasteiger partial charge in [-0.05, 0) is 38.2 Å². The van der Waals surface area contributed by atoms with Crippen molar-refractivity contribution in [3.8, 4) is 0 Å². The molecule has 1 atom stereocenters. The summed E-state index contributed by atoms with van der Waals surface area (Å²) in [5, 5.41) is 17.6. The first kappa shape index (κ1) is 16.9. The maximum atomic E-state index is 12.9. The van der Waals surface area contributed by atoms with E-state index in [1.54, 1.807) is 4.68 Å². The fourth-order valence-corrected chi connectivity index (χ4v) is 3.19. The molecule has 2 aromatic heterocycles.